The van der Waals surface area contributed by atoms with Gasteiger partial charge in [-0.25, -0.2) is 9.78 Å². The van der Waals surface area contributed by atoms with Crippen molar-refractivity contribution in [1.29, 1.82) is 0 Å². The third-order valence-electron chi connectivity index (χ3n) is 4.56. The van der Waals surface area contributed by atoms with Crippen molar-refractivity contribution >= 4 is 6.09 Å². The van der Waals surface area contributed by atoms with E-state index in [0.717, 1.165) is 23.0 Å². The van der Waals surface area contributed by atoms with E-state index in [1.165, 1.54) is 37.7 Å². The van der Waals surface area contributed by atoms with E-state index in [-0.39, 0.29) is 0 Å². The smallest absolute Gasteiger partial charge is 0.404 e. The molecule has 122 valence electrons. The molecule has 2 aromatic rings. The Kier molecular flexibility index (Phi) is 4.95. The topological polar surface area (TPSA) is 78.0 Å². The molecule has 5 heteroatoms. The lowest BCUT2D eigenvalue weighted by molar-refractivity contribution is 0.194. The Morgan fingerprint density at radius 3 is 2.65 bits per heavy atom. The van der Waals surface area contributed by atoms with E-state index < -0.39 is 6.09 Å². The van der Waals surface area contributed by atoms with Crippen molar-refractivity contribution in [2.45, 2.75) is 44.4 Å². The summed E-state index contributed by atoms with van der Waals surface area (Å²) in [4.78, 5) is 18.0. The number of aromatic nitrogens is 2. The van der Waals surface area contributed by atoms with Crippen molar-refractivity contribution in [3.8, 4) is 11.3 Å². The predicted octanol–water partition coefficient (Wildman–Crippen LogP) is 3.93. The van der Waals surface area contributed by atoms with E-state index in [2.05, 4.69) is 39.6 Å². The minimum Gasteiger partial charge on any atom is -0.465 e. The second kappa shape index (κ2) is 7.31. The van der Waals surface area contributed by atoms with Crippen molar-refractivity contribution in [1.82, 2.24) is 15.3 Å². The van der Waals surface area contributed by atoms with Crippen LogP contribution in [0.15, 0.2) is 30.5 Å². The number of hydrogen-bond donors (Lipinski definition) is 3. The van der Waals surface area contributed by atoms with Gasteiger partial charge in [0.25, 0.3) is 0 Å². The summed E-state index contributed by atoms with van der Waals surface area (Å²) in [6, 6.07) is 8.77. The molecule has 0 atom stereocenters. The molecule has 1 aliphatic rings. The van der Waals surface area contributed by atoms with Crippen LogP contribution in [0.3, 0.4) is 0 Å². The summed E-state index contributed by atoms with van der Waals surface area (Å²) in [6.45, 7) is 0.364. The number of rotatable bonds is 5. The molecular weight excluding hydrogens is 290 g/mol. The van der Waals surface area contributed by atoms with Gasteiger partial charge in [-0.2, -0.15) is 0 Å². The second-order valence-electron chi connectivity index (χ2n) is 6.18. The molecule has 0 radical (unpaired) electrons. The Bertz CT molecular complexity index is 643. The first-order valence-corrected chi connectivity index (χ1v) is 8.33. The predicted molar refractivity (Wildman–Crippen MR) is 89.6 cm³/mol. The van der Waals surface area contributed by atoms with Gasteiger partial charge in [0.15, 0.2) is 0 Å². The van der Waals surface area contributed by atoms with Gasteiger partial charge in [0.2, 0.25) is 0 Å². The third-order valence-corrected chi connectivity index (χ3v) is 4.56. The molecule has 0 aliphatic heterocycles. The van der Waals surface area contributed by atoms with E-state index in [1.54, 1.807) is 0 Å². The summed E-state index contributed by atoms with van der Waals surface area (Å²) in [5.41, 5.74) is 3.54. The van der Waals surface area contributed by atoms with Crippen LogP contribution in [0.25, 0.3) is 11.3 Å². The minimum absolute atomic E-state index is 0.364. The number of benzene rings is 1. The van der Waals surface area contributed by atoms with Crippen LogP contribution in [0.5, 0.6) is 0 Å². The Labute approximate surface area is 136 Å². The average Bonchev–Trinajstić information content (AvgIpc) is 3.04. The maximum Gasteiger partial charge on any atom is 0.404 e. The van der Waals surface area contributed by atoms with Crippen LogP contribution in [0.1, 0.15) is 49.4 Å². The van der Waals surface area contributed by atoms with Crippen LogP contribution in [-0.4, -0.2) is 27.7 Å². The largest absolute Gasteiger partial charge is 0.465 e. The van der Waals surface area contributed by atoms with Gasteiger partial charge in [0, 0.05) is 13.0 Å². The van der Waals surface area contributed by atoms with Crippen LogP contribution >= 0.6 is 0 Å². The number of nitrogens with one attached hydrogen (secondary N) is 2. The maximum atomic E-state index is 10.4. The Morgan fingerprint density at radius 2 is 1.96 bits per heavy atom. The quantitative estimate of drug-likeness (QED) is 0.782. The zero-order valence-corrected chi connectivity index (χ0v) is 13.2. The number of hydrogen-bond acceptors (Lipinski definition) is 2. The standard InChI is InChI=1S/C18H23N3O2/c22-18(23)19-11-10-17-20-12-16(21-17)15-8-6-14(7-9-15)13-4-2-1-3-5-13/h6-9,12-13,19H,1-5,10-11H2,(H,20,21)(H,22,23). The highest BCUT2D eigenvalue weighted by Gasteiger charge is 2.15. The van der Waals surface area contributed by atoms with Crippen LogP contribution in [0.2, 0.25) is 0 Å². The SMILES string of the molecule is O=C(O)NCCc1ncc(-c2ccc(C3CCCCC3)cc2)[nH]1. The molecule has 1 fully saturated rings. The second-order valence-corrected chi connectivity index (χ2v) is 6.18. The van der Waals surface area contributed by atoms with Crippen molar-refractivity contribution in [2.75, 3.05) is 6.54 Å². The molecule has 23 heavy (non-hydrogen) atoms. The monoisotopic (exact) mass is 313 g/mol. The number of carbonyl (C=O) groups is 1. The molecule has 1 heterocycles. The number of amides is 1. The summed E-state index contributed by atoms with van der Waals surface area (Å²) in [5, 5.41) is 10.9. The summed E-state index contributed by atoms with van der Waals surface area (Å²) in [6.07, 6.45) is 8.06. The van der Waals surface area contributed by atoms with Gasteiger partial charge in [0.05, 0.1) is 11.9 Å². The van der Waals surface area contributed by atoms with Crippen LogP contribution in [0, 0.1) is 0 Å². The average molecular weight is 313 g/mol. The molecule has 1 aliphatic carbocycles. The first kappa shape index (κ1) is 15.6. The third kappa shape index (κ3) is 4.12. The first-order valence-electron chi connectivity index (χ1n) is 8.33. The molecule has 1 amide bonds. The molecule has 5 nitrogen and oxygen atoms in total. The molecule has 1 saturated carbocycles. The lowest BCUT2D eigenvalue weighted by Gasteiger charge is -2.22. The van der Waals surface area contributed by atoms with Gasteiger partial charge in [-0.05, 0) is 29.9 Å². The fraction of sp³-hybridized carbons (Fsp3) is 0.444. The zero-order chi connectivity index (χ0) is 16.1. The number of H-pyrrole nitrogens is 1. The molecule has 1 aromatic heterocycles. The van der Waals surface area contributed by atoms with E-state index in [4.69, 9.17) is 5.11 Å². The summed E-state index contributed by atoms with van der Waals surface area (Å²) in [5.74, 6) is 1.52. The molecular formula is C18H23N3O2. The Balaban J connectivity index is 1.62. The lowest BCUT2D eigenvalue weighted by Crippen LogP contribution is -2.23. The number of aromatic amines is 1. The van der Waals surface area contributed by atoms with Gasteiger partial charge in [-0.15, -0.1) is 0 Å². The van der Waals surface area contributed by atoms with Crippen LogP contribution < -0.4 is 5.32 Å². The molecule has 0 unspecified atom stereocenters. The lowest BCUT2D eigenvalue weighted by atomic mass is 9.84. The van der Waals surface area contributed by atoms with Crippen molar-refractivity contribution < 1.29 is 9.90 Å². The summed E-state index contributed by atoms with van der Waals surface area (Å²) < 4.78 is 0. The highest BCUT2D eigenvalue weighted by Crippen LogP contribution is 2.33. The number of nitrogens with zero attached hydrogens (tertiary/aromatic N) is 1. The van der Waals surface area contributed by atoms with Gasteiger partial charge in [-0.1, -0.05) is 43.5 Å². The summed E-state index contributed by atoms with van der Waals surface area (Å²) >= 11 is 0. The van der Waals surface area contributed by atoms with E-state index in [9.17, 15) is 4.79 Å². The van der Waals surface area contributed by atoms with Gasteiger partial charge < -0.3 is 15.4 Å². The Hall–Kier alpha value is -2.30. The normalized spacial score (nSPS) is 15.5. The van der Waals surface area contributed by atoms with E-state index >= 15 is 0 Å². The molecule has 0 bridgehead atoms. The fourth-order valence-corrected chi connectivity index (χ4v) is 3.29. The maximum absolute atomic E-state index is 10.4. The Morgan fingerprint density at radius 1 is 1.22 bits per heavy atom. The summed E-state index contributed by atoms with van der Waals surface area (Å²) in [7, 11) is 0. The van der Waals surface area contributed by atoms with Crippen LogP contribution in [0.4, 0.5) is 4.79 Å². The molecule has 3 N–H and O–H groups in total. The van der Waals surface area contributed by atoms with Crippen molar-refractivity contribution in [2.24, 2.45) is 0 Å². The van der Waals surface area contributed by atoms with E-state index in [0.29, 0.717) is 13.0 Å². The van der Waals surface area contributed by atoms with Gasteiger partial charge >= 0.3 is 6.09 Å². The van der Waals surface area contributed by atoms with Crippen LogP contribution in [-0.2, 0) is 6.42 Å². The molecule has 3 rings (SSSR count). The highest BCUT2D eigenvalue weighted by atomic mass is 16.4. The fourth-order valence-electron chi connectivity index (χ4n) is 3.29. The van der Waals surface area contributed by atoms with E-state index in [1.807, 2.05) is 6.20 Å². The molecule has 0 saturated heterocycles. The highest BCUT2D eigenvalue weighted by molar-refractivity contribution is 5.64. The van der Waals surface area contributed by atoms with Crippen molar-refractivity contribution in [3.63, 3.8) is 0 Å². The first-order chi connectivity index (χ1) is 11.2. The van der Waals surface area contributed by atoms with Gasteiger partial charge in [-0.3, -0.25) is 0 Å². The zero-order valence-electron chi connectivity index (χ0n) is 13.2. The number of carboxylic acid groups (broad SMARTS) is 1. The van der Waals surface area contributed by atoms with Gasteiger partial charge in [0.1, 0.15) is 5.82 Å². The molecule has 1 aromatic carbocycles. The van der Waals surface area contributed by atoms with Crippen molar-refractivity contribution in [3.05, 3.63) is 41.9 Å². The molecule has 0 spiro atoms. The number of imidazole rings is 1. The minimum atomic E-state index is -1.00.